The number of hydrogen-bond acceptors (Lipinski definition) is 7. The van der Waals surface area contributed by atoms with E-state index in [1.165, 1.54) is 0 Å². The van der Waals surface area contributed by atoms with E-state index in [2.05, 4.69) is 15.6 Å². The second-order valence-electron chi connectivity index (χ2n) is 9.43. The van der Waals surface area contributed by atoms with Crippen LogP contribution in [0.15, 0.2) is 85.2 Å². The van der Waals surface area contributed by atoms with Crippen molar-refractivity contribution in [3.8, 4) is 0 Å². The predicted octanol–water partition coefficient (Wildman–Crippen LogP) is 3.12. The SMILES string of the molecule is CC[C@H](C)[C@H](NC(=O)OCc1ccccc1)C(=O)[C@@](N)(Cc1ccccc1)C(=O)C(=O)NCc1ccncc1. The van der Waals surface area contributed by atoms with Crippen LogP contribution in [0.1, 0.15) is 37.0 Å². The highest BCUT2D eigenvalue weighted by Gasteiger charge is 2.49. The Morgan fingerprint density at radius 1 is 0.897 bits per heavy atom. The molecule has 39 heavy (non-hydrogen) atoms. The second-order valence-corrected chi connectivity index (χ2v) is 9.43. The van der Waals surface area contributed by atoms with Crippen molar-refractivity contribution in [1.82, 2.24) is 15.6 Å². The molecule has 0 radical (unpaired) electrons. The summed E-state index contributed by atoms with van der Waals surface area (Å²) in [5.74, 6) is -3.24. The number of nitrogens with one attached hydrogen (secondary N) is 2. The van der Waals surface area contributed by atoms with E-state index in [9.17, 15) is 19.2 Å². The van der Waals surface area contributed by atoms with Gasteiger partial charge in [0.25, 0.3) is 5.91 Å². The number of alkyl carbamates (subject to hydrolysis) is 1. The first-order valence-corrected chi connectivity index (χ1v) is 12.8. The van der Waals surface area contributed by atoms with Crippen molar-refractivity contribution >= 4 is 23.6 Å². The number of pyridine rings is 1. The van der Waals surface area contributed by atoms with E-state index in [1.54, 1.807) is 73.9 Å². The van der Waals surface area contributed by atoms with Crippen LogP contribution in [-0.2, 0) is 38.7 Å². The monoisotopic (exact) mass is 530 g/mol. The number of benzene rings is 2. The third-order valence-corrected chi connectivity index (χ3v) is 6.56. The summed E-state index contributed by atoms with van der Waals surface area (Å²) in [7, 11) is 0. The summed E-state index contributed by atoms with van der Waals surface area (Å²) >= 11 is 0. The van der Waals surface area contributed by atoms with Gasteiger partial charge < -0.3 is 21.1 Å². The number of nitrogens with zero attached hydrogens (tertiary/aromatic N) is 1. The predicted molar refractivity (Wildman–Crippen MR) is 146 cm³/mol. The zero-order valence-corrected chi connectivity index (χ0v) is 22.1. The molecule has 2 amide bonds. The first kappa shape index (κ1) is 29.2. The van der Waals surface area contributed by atoms with Crippen LogP contribution in [-0.4, -0.2) is 40.1 Å². The second kappa shape index (κ2) is 14.0. The lowest BCUT2D eigenvalue weighted by Gasteiger charge is -2.32. The number of aromatic nitrogens is 1. The Labute approximate surface area is 228 Å². The molecule has 9 nitrogen and oxygen atoms in total. The van der Waals surface area contributed by atoms with Gasteiger partial charge in [-0.3, -0.25) is 19.4 Å². The molecule has 0 saturated carbocycles. The molecule has 0 fully saturated rings. The van der Waals surface area contributed by atoms with Crippen LogP contribution in [0.3, 0.4) is 0 Å². The van der Waals surface area contributed by atoms with Gasteiger partial charge in [-0.25, -0.2) is 4.79 Å². The topological polar surface area (TPSA) is 140 Å². The first-order chi connectivity index (χ1) is 18.7. The number of rotatable bonds is 13. The Balaban J connectivity index is 1.83. The fourth-order valence-electron chi connectivity index (χ4n) is 4.03. The highest BCUT2D eigenvalue weighted by Crippen LogP contribution is 2.21. The van der Waals surface area contributed by atoms with E-state index >= 15 is 0 Å². The maximum absolute atomic E-state index is 14.0. The van der Waals surface area contributed by atoms with E-state index in [1.807, 2.05) is 25.1 Å². The van der Waals surface area contributed by atoms with Crippen LogP contribution in [0.4, 0.5) is 4.79 Å². The van der Waals surface area contributed by atoms with Crippen molar-refractivity contribution in [3.63, 3.8) is 0 Å². The molecule has 4 N–H and O–H groups in total. The molecule has 0 aliphatic carbocycles. The Bertz CT molecular complexity index is 1250. The average Bonchev–Trinajstić information content (AvgIpc) is 2.98. The summed E-state index contributed by atoms with van der Waals surface area (Å²) in [6.07, 6.45) is 2.58. The molecule has 2 aromatic carbocycles. The maximum atomic E-state index is 14.0. The zero-order valence-electron chi connectivity index (χ0n) is 22.1. The van der Waals surface area contributed by atoms with Crippen molar-refractivity contribution in [2.24, 2.45) is 11.7 Å². The Hall–Kier alpha value is -4.37. The number of ketones is 2. The Morgan fingerprint density at radius 2 is 1.49 bits per heavy atom. The highest BCUT2D eigenvalue weighted by atomic mass is 16.5. The van der Waals surface area contributed by atoms with Crippen molar-refractivity contribution in [3.05, 3.63) is 102 Å². The fourth-order valence-corrected chi connectivity index (χ4v) is 4.03. The van der Waals surface area contributed by atoms with Gasteiger partial charge in [0, 0.05) is 25.4 Å². The molecule has 0 aliphatic heterocycles. The van der Waals surface area contributed by atoms with Gasteiger partial charge in [0.05, 0.1) is 6.04 Å². The molecule has 3 atom stereocenters. The summed E-state index contributed by atoms with van der Waals surface area (Å²) in [4.78, 5) is 57.1. The Kier molecular flexibility index (Phi) is 10.5. The zero-order chi connectivity index (χ0) is 28.3. The molecule has 1 aromatic heterocycles. The van der Waals surface area contributed by atoms with Crippen molar-refractivity contribution in [2.75, 3.05) is 0 Å². The smallest absolute Gasteiger partial charge is 0.408 e. The fraction of sp³-hybridized carbons (Fsp3) is 0.300. The molecule has 204 valence electrons. The van der Waals surface area contributed by atoms with E-state index < -0.39 is 41.1 Å². The molecule has 0 saturated heterocycles. The lowest BCUT2D eigenvalue weighted by atomic mass is 9.77. The number of ether oxygens (including phenoxy) is 1. The van der Waals surface area contributed by atoms with Gasteiger partial charge in [0.15, 0.2) is 11.3 Å². The minimum absolute atomic E-state index is 0.00220. The lowest BCUT2D eigenvalue weighted by Crippen LogP contribution is -2.66. The van der Waals surface area contributed by atoms with Gasteiger partial charge in [-0.05, 0) is 34.7 Å². The number of nitrogens with two attached hydrogens (primary N) is 1. The van der Waals surface area contributed by atoms with E-state index in [0.717, 1.165) is 11.1 Å². The van der Waals surface area contributed by atoms with Gasteiger partial charge in [0.1, 0.15) is 6.61 Å². The van der Waals surface area contributed by atoms with E-state index in [4.69, 9.17) is 10.5 Å². The third kappa shape index (κ3) is 8.05. The van der Waals surface area contributed by atoms with Gasteiger partial charge in [-0.15, -0.1) is 0 Å². The van der Waals surface area contributed by atoms with Gasteiger partial charge in [-0.2, -0.15) is 0 Å². The van der Waals surface area contributed by atoms with Crippen LogP contribution in [0, 0.1) is 5.92 Å². The molecule has 0 spiro atoms. The maximum Gasteiger partial charge on any atom is 0.408 e. The third-order valence-electron chi connectivity index (χ3n) is 6.56. The van der Waals surface area contributed by atoms with E-state index in [-0.39, 0.29) is 19.6 Å². The normalized spacial score (nSPS) is 13.8. The summed E-state index contributed by atoms with van der Waals surface area (Å²) in [6.45, 7) is 3.67. The molecule has 3 rings (SSSR count). The minimum Gasteiger partial charge on any atom is -0.445 e. The molecule has 0 bridgehead atoms. The van der Waals surface area contributed by atoms with Crippen LogP contribution < -0.4 is 16.4 Å². The molecule has 9 heteroatoms. The number of amides is 2. The molecular weight excluding hydrogens is 496 g/mol. The largest absolute Gasteiger partial charge is 0.445 e. The Morgan fingerprint density at radius 3 is 2.08 bits per heavy atom. The summed E-state index contributed by atoms with van der Waals surface area (Å²) in [5.41, 5.74) is 6.42. The summed E-state index contributed by atoms with van der Waals surface area (Å²) in [6, 6.07) is 20.0. The molecule has 0 aliphatic rings. The van der Waals surface area contributed by atoms with Crippen LogP contribution >= 0.6 is 0 Å². The minimum atomic E-state index is -2.23. The van der Waals surface area contributed by atoms with Gasteiger partial charge >= 0.3 is 6.09 Å². The van der Waals surface area contributed by atoms with Crippen LogP contribution in [0.5, 0.6) is 0 Å². The quantitative estimate of drug-likeness (QED) is 0.228. The highest BCUT2D eigenvalue weighted by molar-refractivity contribution is 6.44. The van der Waals surface area contributed by atoms with Gasteiger partial charge in [-0.1, -0.05) is 80.9 Å². The van der Waals surface area contributed by atoms with Crippen molar-refractivity contribution in [1.29, 1.82) is 0 Å². The molecule has 3 aromatic rings. The molecule has 1 heterocycles. The molecular formula is C30H34N4O5. The summed E-state index contributed by atoms with van der Waals surface area (Å²) < 4.78 is 5.32. The van der Waals surface area contributed by atoms with Crippen molar-refractivity contribution < 1.29 is 23.9 Å². The number of hydrogen-bond donors (Lipinski definition) is 3. The van der Waals surface area contributed by atoms with Crippen molar-refractivity contribution in [2.45, 2.75) is 51.4 Å². The number of Topliss-reactive ketones (excluding diaryl/α,β-unsaturated/α-hetero) is 2. The standard InChI is InChI=1S/C30H34N4O5/c1-3-21(2)25(34-29(38)39-20-24-12-8-5-9-13-24)26(35)30(31,18-22-10-6-4-7-11-22)27(36)28(37)33-19-23-14-16-32-17-15-23/h4-17,21,25H,3,18-20,31H2,1-2H3,(H,33,37)(H,34,38)/t21-,25-,30-/m0/s1. The lowest BCUT2D eigenvalue weighted by molar-refractivity contribution is -0.145. The summed E-state index contributed by atoms with van der Waals surface area (Å²) in [5, 5.41) is 5.15. The van der Waals surface area contributed by atoms with E-state index in [0.29, 0.717) is 12.0 Å². The average molecular weight is 531 g/mol. The number of carbonyl (C=O) groups is 4. The number of carbonyl (C=O) groups excluding carboxylic acids is 4. The van der Waals surface area contributed by atoms with Crippen LogP contribution in [0.25, 0.3) is 0 Å². The molecule has 0 unspecified atom stereocenters. The first-order valence-electron chi connectivity index (χ1n) is 12.8. The van der Waals surface area contributed by atoms with Gasteiger partial charge in [0.2, 0.25) is 5.78 Å². The van der Waals surface area contributed by atoms with Crippen LogP contribution in [0.2, 0.25) is 0 Å².